The number of carbonyl (C=O) groups is 2. The van der Waals surface area contributed by atoms with Crippen molar-refractivity contribution in [2.24, 2.45) is 5.41 Å². The van der Waals surface area contributed by atoms with Gasteiger partial charge in [0.2, 0.25) is 0 Å². The van der Waals surface area contributed by atoms with E-state index in [4.69, 9.17) is 9.84 Å². The van der Waals surface area contributed by atoms with E-state index in [2.05, 4.69) is 22.3 Å². The number of fused-ring (bicyclic) bond motifs is 1. The molecule has 22 heavy (non-hydrogen) atoms. The fourth-order valence-electron chi connectivity index (χ4n) is 2.45. The van der Waals surface area contributed by atoms with Crippen LogP contribution in [0, 0.1) is 5.41 Å². The Bertz CT molecular complexity index is 734. The molecule has 0 radical (unpaired) electrons. The first-order chi connectivity index (χ1) is 10.5. The molecule has 3 heterocycles. The molecule has 8 nitrogen and oxygen atoms in total. The van der Waals surface area contributed by atoms with Gasteiger partial charge >= 0.3 is 5.97 Å². The van der Waals surface area contributed by atoms with Crippen LogP contribution in [0.3, 0.4) is 0 Å². The van der Waals surface area contributed by atoms with E-state index in [1.54, 1.807) is 0 Å². The molecule has 2 aromatic rings. The summed E-state index contributed by atoms with van der Waals surface area (Å²) in [7, 11) is 0. The van der Waals surface area contributed by atoms with Gasteiger partial charge in [0, 0.05) is 24.8 Å². The summed E-state index contributed by atoms with van der Waals surface area (Å²) in [5.74, 6) is -1.45. The van der Waals surface area contributed by atoms with E-state index < -0.39 is 5.97 Å². The Morgan fingerprint density at radius 3 is 3.05 bits per heavy atom. The fourth-order valence-corrected chi connectivity index (χ4v) is 2.45. The highest BCUT2D eigenvalue weighted by Crippen LogP contribution is 2.26. The summed E-state index contributed by atoms with van der Waals surface area (Å²) in [6.45, 7) is 3.86. The topological polar surface area (TPSA) is 106 Å². The summed E-state index contributed by atoms with van der Waals surface area (Å²) in [4.78, 5) is 27.4. The second kappa shape index (κ2) is 5.38. The smallest absolute Gasteiger partial charge is 0.341 e. The number of nitrogens with zero attached hydrogens (tertiary/aromatic N) is 3. The minimum absolute atomic E-state index is 0.0363. The number of aromatic nitrogens is 3. The number of carbonyl (C=O) groups excluding carboxylic acids is 1. The third-order valence-electron chi connectivity index (χ3n) is 3.84. The van der Waals surface area contributed by atoms with E-state index >= 15 is 0 Å². The zero-order chi connectivity index (χ0) is 15.7. The van der Waals surface area contributed by atoms with Crippen LogP contribution in [-0.4, -0.2) is 51.3 Å². The number of hydrogen-bond donors (Lipinski definition) is 2. The van der Waals surface area contributed by atoms with Crippen molar-refractivity contribution in [3.63, 3.8) is 0 Å². The van der Waals surface area contributed by atoms with E-state index in [1.807, 2.05) is 0 Å². The highest BCUT2D eigenvalue weighted by molar-refractivity contribution is 5.97. The van der Waals surface area contributed by atoms with E-state index in [0.717, 1.165) is 6.42 Å². The van der Waals surface area contributed by atoms with Crippen LogP contribution in [0.1, 0.15) is 34.2 Å². The predicted molar refractivity (Wildman–Crippen MR) is 75.8 cm³/mol. The van der Waals surface area contributed by atoms with Crippen LogP contribution in [0.25, 0.3) is 5.65 Å². The third kappa shape index (κ3) is 2.52. The van der Waals surface area contributed by atoms with E-state index in [-0.39, 0.29) is 28.2 Å². The van der Waals surface area contributed by atoms with Crippen molar-refractivity contribution >= 4 is 17.5 Å². The Kier molecular flexibility index (Phi) is 3.53. The van der Waals surface area contributed by atoms with Gasteiger partial charge in [0.05, 0.1) is 12.8 Å². The molecule has 2 aromatic heterocycles. The molecule has 0 aromatic carbocycles. The quantitative estimate of drug-likeness (QED) is 0.856. The van der Waals surface area contributed by atoms with E-state index in [0.29, 0.717) is 19.8 Å². The van der Waals surface area contributed by atoms with Crippen molar-refractivity contribution in [3.05, 3.63) is 29.7 Å². The third-order valence-corrected chi connectivity index (χ3v) is 3.84. The Morgan fingerprint density at radius 1 is 1.55 bits per heavy atom. The highest BCUT2D eigenvalue weighted by Gasteiger charge is 2.30. The van der Waals surface area contributed by atoms with Gasteiger partial charge < -0.3 is 15.2 Å². The molecule has 1 saturated heterocycles. The lowest BCUT2D eigenvalue weighted by atomic mass is 9.90. The molecular weight excluding hydrogens is 288 g/mol. The number of carboxylic acid groups (broad SMARTS) is 1. The summed E-state index contributed by atoms with van der Waals surface area (Å²) in [5, 5.41) is 15.9. The monoisotopic (exact) mass is 304 g/mol. The molecule has 1 aliphatic heterocycles. The van der Waals surface area contributed by atoms with Crippen LogP contribution in [0.5, 0.6) is 0 Å². The maximum Gasteiger partial charge on any atom is 0.341 e. The molecule has 2 N–H and O–H groups in total. The van der Waals surface area contributed by atoms with Gasteiger partial charge in [0.25, 0.3) is 5.91 Å². The molecule has 0 aliphatic carbocycles. The standard InChI is InChI=1S/C14H16N4O4/c1-14(3-5-22-8-14)7-16-12(19)10-2-4-15-11-9(13(20)21)6-17-18(10)11/h2,4,6H,3,5,7-8H2,1H3,(H,16,19)(H,20,21). The van der Waals surface area contributed by atoms with Crippen LogP contribution in [0.2, 0.25) is 0 Å². The van der Waals surface area contributed by atoms with Crippen molar-refractivity contribution in [2.45, 2.75) is 13.3 Å². The summed E-state index contributed by atoms with van der Waals surface area (Å²) in [5.41, 5.74) is 0.291. The van der Waals surface area contributed by atoms with Gasteiger partial charge in [-0.3, -0.25) is 4.79 Å². The first kappa shape index (κ1) is 14.5. The van der Waals surface area contributed by atoms with Gasteiger partial charge in [-0.2, -0.15) is 5.10 Å². The number of ether oxygens (including phenoxy) is 1. The van der Waals surface area contributed by atoms with Gasteiger partial charge in [-0.05, 0) is 12.5 Å². The molecule has 3 rings (SSSR count). The maximum absolute atomic E-state index is 12.3. The van der Waals surface area contributed by atoms with Gasteiger partial charge in [-0.25, -0.2) is 14.3 Å². The lowest BCUT2D eigenvalue weighted by Gasteiger charge is -2.21. The largest absolute Gasteiger partial charge is 0.477 e. The Hall–Kier alpha value is -2.48. The molecule has 1 atom stereocenters. The molecule has 1 fully saturated rings. The number of hydrogen-bond acceptors (Lipinski definition) is 5. The number of carboxylic acids is 1. The van der Waals surface area contributed by atoms with Gasteiger partial charge in [-0.1, -0.05) is 6.92 Å². The number of amides is 1. The average molecular weight is 304 g/mol. The Balaban J connectivity index is 1.83. The Morgan fingerprint density at radius 2 is 2.36 bits per heavy atom. The van der Waals surface area contributed by atoms with E-state index in [1.165, 1.54) is 23.0 Å². The van der Waals surface area contributed by atoms with Crippen molar-refractivity contribution < 1.29 is 19.4 Å². The first-order valence-electron chi connectivity index (χ1n) is 6.92. The minimum Gasteiger partial charge on any atom is -0.477 e. The zero-order valence-electron chi connectivity index (χ0n) is 12.1. The predicted octanol–water partition coefficient (Wildman–Crippen LogP) is 0.584. The average Bonchev–Trinajstić information content (AvgIpc) is 3.11. The number of rotatable bonds is 4. The summed E-state index contributed by atoms with van der Waals surface area (Å²) in [6, 6.07) is 1.51. The normalized spacial score (nSPS) is 21.1. The minimum atomic E-state index is -1.13. The molecule has 0 bridgehead atoms. The van der Waals surface area contributed by atoms with Crippen molar-refractivity contribution in [1.29, 1.82) is 0 Å². The second-order valence-corrected chi connectivity index (χ2v) is 5.72. The molecule has 116 valence electrons. The van der Waals surface area contributed by atoms with Crippen LogP contribution < -0.4 is 5.32 Å². The summed E-state index contributed by atoms with van der Waals surface area (Å²) >= 11 is 0. The summed E-state index contributed by atoms with van der Waals surface area (Å²) in [6.07, 6.45) is 3.48. The van der Waals surface area contributed by atoms with Gasteiger partial charge in [0.1, 0.15) is 11.3 Å². The number of nitrogens with one attached hydrogen (secondary N) is 1. The zero-order valence-corrected chi connectivity index (χ0v) is 12.1. The first-order valence-corrected chi connectivity index (χ1v) is 6.92. The van der Waals surface area contributed by atoms with Gasteiger partial charge in [0.15, 0.2) is 5.65 Å². The fraction of sp³-hybridized carbons (Fsp3) is 0.429. The van der Waals surface area contributed by atoms with E-state index in [9.17, 15) is 9.59 Å². The van der Waals surface area contributed by atoms with Crippen LogP contribution in [-0.2, 0) is 4.74 Å². The molecular formula is C14H16N4O4. The molecule has 0 spiro atoms. The SMILES string of the molecule is CC1(CNC(=O)c2ccnc3c(C(=O)O)cnn23)CCOC1. The van der Waals surface area contributed by atoms with Gasteiger partial charge in [-0.15, -0.1) is 0 Å². The highest BCUT2D eigenvalue weighted by atomic mass is 16.5. The van der Waals surface area contributed by atoms with Crippen LogP contribution >= 0.6 is 0 Å². The number of aromatic carboxylic acids is 1. The van der Waals surface area contributed by atoms with Crippen LogP contribution in [0.15, 0.2) is 18.5 Å². The lowest BCUT2D eigenvalue weighted by molar-refractivity contribution is 0.0698. The molecule has 1 unspecified atom stereocenters. The molecule has 1 amide bonds. The second-order valence-electron chi connectivity index (χ2n) is 5.72. The van der Waals surface area contributed by atoms with Crippen molar-refractivity contribution in [2.75, 3.05) is 19.8 Å². The molecule has 1 aliphatic rings. The molecule has 8 heteroatoms. The van der Waals surface area contributed by atoms with Crippen molar-refractivity contribution in [1.82, 2.24) is 19.9 Å². The van der Waals surface area contributed by atoms with Crippen molar-refractivity contribution in [3.8, 4) is 0 Å². The maximum atomic E-state index is 12.3. The van der Waals surface area contributed by atoms with Crippen LogP contribution in [0.4, 0.5) is 0 Å². The summed E-state index contributed by atoms with van der Waals surface area (Å²) < 4.78 is 6.60. The Labute approximate surface area is 126 Å². The molecule has 0 saturated carbocycles. The lowest BCUT2D eigenvalue weighted by Crippen LogP contribution is -2.36.